The molecule has 0 atom stereocenters. The van der Waals surface area contributed by atoms with Crippen molar-refractivity contribution in [2.75, 3.05) is 23.7 Å². The molecule has 1 aliphatic rings. The van der Waals surface area contributed by atoms with E-state index in [0.29, 0.717) is 28.2 Å². The van der Waals surface area contributed by atoms with Crippen LogP contribution in [0.1, 0.15) is 41.3 Å². The number of rotatable bonds is 7. The number of piperidine rings is 1. The Morgan fingerprint density at radius 3 is 2.52 bits per heavy atom. The molecular formula is C30H29F3N6O. The minimum Gasteiger partial charge on any atom is -0.323 e. The number of hydrogen-bond donors (Lipinski definition) is 2. The molecule has 1 saturated heterocycles. The maximum atomic E-state index is 13.1. The Labute approximate surface area is 230 Å². The van der Waals surface area contributed by atoms with E-state index in [1.54, 1.807) is 12.1 Å². The zero-order valence-corrected chi connectivity index (χ0v) is 21.9. The summed E-state index contributed by atoms with van der Waals surface area (Å²) < 4.78 is 39.4. The van der Waals surface area contributed by atoms with Crippen molar-refractivity contribution >= 4 is 23.2 Å². The number of halogens is 3. The summed E-state index contributed by atoms with van der Waals surface area (Å²) in [7, 11) is 0. The normalized spacial score (nSPS) is 14.6. The van der Waals surface area contributed by atoms with Crippen LogP contribution in [0.5, 0.6) is 0 Å². The van der Waals surface area contributed by atoms with E-state index in [1.807, 2.05) is 24.3 Å². The van der Waals surface area contributed by atoms with Crippen LogP contribution < -0.4 is 10.6 Å². The summed E-state index contributed by atoms with van der Waals surface area (Å²) in [5.41, 5.74) is 2.54. The Morgan fingerprint density at radius 1 is 1.00 bits per heavy atom. The molecule has 0 spiro atoms. The van der Waals surface area contributed by atoms with Gasteiger partial charge in [-0.15, -0.1) is 0 Å². The van der Waals surface area contributed by atoms with E-state index in [4.69, 9.17) is 0 Å². The van der Waals surface area contributed by atoms with Gasteiger partial charge in [0.05, 0.1) is 28.7 Å². The van der Waals surface area contributed by atoms with Crippen molar-refractivity contribution in [3.05, 3.63) is 95.9 Å². The van der Waals surface area contributed by atoms with Gasteiger partial charge >= 0.3 is 6.18 Å². The SMILES string of the molecule is CC1CCN(Cc2ccc(NC(=O)c3cncc(Nc4nccc(-c5cccc(C(F)(F)F)c5)n4)c3)cc2)CC1. The summed E-state index contributed by atoms with van der Waals surface area (Å²) in [6, 6.07) is 15.9. The summed E-state index contributed by atoms with van der Waals surface area (Å²) in [5, 5.41) is 5.87. The number of aromatic nitrogens is 3. The Kier molecular flexibility index (Phi) is 8.06. The third kappa shape index (κ3) is 7.01. The van der Waals surface area contributed by atoms with E-state index in [1.165, 1.54) is 49.1 Å². The highest BCUT2D eigenvalue weighted by Crippen LogP contribution is 2.32. The minimum atomic E-state index is -4.45. The molecule has 2 N–H and O–H groups in total. The molecule has 10 heteroatoms. The number of hydrogen-bond acceptors (Lipinski definition) is 6. The lowest BCUT2D eigenvalue weighted by Gasteiger charge is -2.30. The molecule has 0 radical (unpaired) electrons. The highest BCUT2D eigenvalue weighted by molar-refractivity contribution is 6.04. The summed E-state index contributed by atoms with van der Waals surface area (Å²) >= 11 is 0. The van der Waals surface area contributed by atoms with Crippen LogP contribution in [0.15, 0.2) is 79.3 Å². The van der Waals surface area contributed by atoms with Crippen LogP contribution in [0.25, 0.3) is 11.3 Å². The molecule has 7 nitrogen and oxygen atoms in total. The van der Waals surface area contributed by atoms with E-state index >= 15 is 0 Å². The zero-order valence-electron chi connectivity index (χ0n) is 21.9. The molecule has 0 saturated carbocycles. The maximum Gasteiger partial charge on any atom is 0.416 e. The molecule has 5 rings (SSSR count). The van der Waals surface area contributed by atoms with Gasteiger partial charge in [-0.1, -0.05) is 31.2 Å². The number of pyridine rings is 1. The summed E-state index contributed by atoms with van der Waals surface area (Å²) in [6.07, 6.45) is 2.40. The number of nitrogens with zero attached hydrogens (tertiary/aromatic N) is 4. The maximum absolute atomic E-state index is 13.1. The van der Waals surface area contributed by atoms with Gasteiger partial charge in [-0.2, -0.15) is 13.2 Å². The first-order chi connectivity index (χ1) is 19.2. The Morgan fingerprint density at radius 2 is 1.77 bits per heavy atom. The number of anilines is 3. The van der Waals surface area contributed by atoms with Crippen molar-refractivity contribution in [3.63, 3.8) is 0 Å². The summed E-state index contributed by atoms with van der Waals surface area (Å²) in [5.74, 6) is 0.625. The first-order valence-corrected chi connectivity index (χ1v) is 13.1. The first kappa shape index (κ1) is 27.3. The predicted molar refractivity (Wildman–Crippen MR) is 148 cm³/mol. The van der Waals surface area contributed by atoms with E-state index in [-0.39, 0.29) is 11.9 Å². The number of nitrogens with one attached hydrogen (secondary N) is 2. The fourth-order valence-electron chi connectivity index (χ4n) is 4.57. The second-order valence-corrected chi connectivity index (χ2v) is 10.0. The van der Waals surface area contributed by atoms with Crippen molar-refractivity contribution in [3.8, 4) is 11.3 Å². The lowest BCUT2D eigenvalue weighted by molar-refractivity contribution is -0.137. The van der Waals surface area contributed by atoms with Gasteiger partial charge in [0.2, 0.25) is 5.95 Å². The van der Waals surface area contributed by atoms with Crippen LogP contribution in [-0.4, -0.2) is 38.8 Å². The molecule has 1 aliphatic heterocycles. The molecule has 40 heavy (non-hydrogen) atoms. The van der Waals surface area contributed by atoms with Gasteiger partial charge in [0, 0.05) is 30.2 Å². The molecule has 0 unspecified atom stereocenters. The molecule has 1 fully saturated rings. The highest BCUT2D eigenvalue weighted by Gasteiger charge is 2.30. The molecule has 4 aromatic rings. The van der Waals surface area contributed by atoms with Gasteiger partial charge < -0.3 is 10.6 Å². The van der Waals surface area contributed by atoms with Gasteiger partial charge in [-0.05, 0) is 73.8 Å². The molecule has 3 heterocycles. The van der Waals surface area contributed by atoms with E-state index in [2.05, 4.69) is 37.4 Å². The van der Waals surface area contributed by atoms with Crippen molar-refractivity contribution in [2.45, 2.75) is 32.5 Å². The third-order valence-electron chi connectivity index (χ3n) is 6.89. The van der Waals surface area contributed by atoms with Crippen LogP contribution >= 0.6 is 0 Å². The minimum absolute atomic E-state index is 0.160. The number of benzene rings is 2. The lowest BCUT2D eigenvalue weighted by atomic mass is 9.99. The number of alkyl halides is 3. The van der Waals surface area contributed by atoms with Gasteiger partial charge in [-0.3, -0.25) is 14.7 Å². The zero-order chi connectivity index (χ0) is 28.1. The quantitative estimate of drug-likeness (QED) is 0.266. The molecule has 2 aromatic carbocycles. The van der Waals surface area contributed by atoms with E-state index in [9.17, 15) is 18.0 Å². The van der Waals surface area contributed by atoms with Crippen LogP contribution in [0, 0.1) is 5.92 Å². The smallest absolute Gasteiger partial charge is 0.323 e. The van der Waals surface area contributed by atoms with E-state index < -0.39 is 11.7 Å². The second-order valence-electron chi connectivity index (χ2n) is 10.0. The molecular weight excluding hydrogens is 517 g/mol. The number of amides is 1. The molecule has 0 bridgehead atoms. The van der Waals surface area contributed by atoms with Crippen LogP contribution in [0.4, 0.5) is 30.5 Å². The monoisotopic (exact) mass is 546 g/mol. The Hall–Kier alpha value is -4.31. The third-order valence-corrected chi connectivity index (χ3v) is 6.89. The van der Waals surface area contributed by atoms with Crippen molar-refractivity contribution in [2.24, 2.45) is 5.92 Å². The Bertz CT molecular complexity index is 1470. The van der Waals surface area contributed by atoms with Crippen LogP contribution in [0.3, 0.4) is 0 Å². The summed E-state index contributed by atoms with van der Waals surface area (Å²) in [4.78, 5) is 28.0. The topological polar surface area (TPSA) is 83.0 Å². The molecule has 1 amide bonds. The average Bonchev–Trinajstić information content (AvgIpc) is 2.95. The number of carbonyl (C=O) groups is 1. The highest BCUT2D eigenvalue weighted by atomic mass is 19.4. The fourth-order valence-corrected chi connectivity index (χ4v) is 4.57. The average molecular weight is 547 g/mol. The van der Waals surface area contributed by atoms with Crippen LogP contribution in [-0.2, 0) is 12.7 Å². The first-order valence-electron chi connectivity index (χ1n) is 13.1. The lowest BCUT2D eigenvalue weighted by Crippen LogP contribution is -2.32. The second kappa shape index (κ2) is 11.8. The molecule has 0 aliphatic carbocycles. The molecule has 206 valence electrons. The fraction of sp³-hybridized carbons (Fsp3) is 0.267. The van der Waals surface area contributed by atoms with Gasteiger partial charge in [0.1, 0.15) is 0 Å². The van der Waals surface area contributed by atoms with Crippen LogP contribution in [0.2, 0.25) is 0 Å². The standard InChI is InChI=1S/C30H29F3N6O/c1-20-10-13-39(14-11-20)19-21-5-7-25(8-6-21)36-28(40)23-16-26(18-34-17-23)37-29-35-12-9-27(38-29)22-3-2-4-24(15-22)30(31,32)33/h2-9,12,15-18,20H,10-11,13-14,19H2,1H3,(H,36,40)(H,35,37,38). The van der Waals surface area contributed by atoms with Crippen molar-refractivity contribution < 1.29 is 18.0 Å². The van der Waals surface area contributed by atoms with Gasteiger partial charge in [0.15, 0.2) is 0 Å². The largest absolute Gasteiger partial charge is 0.416 e. The number of likely N-dealkylation sites (tertiary alicyclic amines) is 1. The van der Waals surface area contributed by atoms with Gasteiger partial charge in [0.25, 0.3) is 5.91 Å². The molecule has 2 aromatic heterocycles. The Balaban J connectivity index is 1.22. The van der Waals surface area contributed by atoms with E-state index in [0.717, 1.165) is 37.7 Å². The summed E-state index contributed by atoms with van der Waals surface area (Å²) in [6.45, 7) is 5.41. The predicted octanol–water partition coefficient (Wildman–Crippen LogP) is 6.79. The van der Waals surface area contributed by atoms with Gasteiger partial charge in [-0.25, -0.2) is 9.97 Å². The van der Waals surface area contributed by atoms with Crippen molar-refractivity contribution in [1.29, 1.82) is 0 Å². The van der Waals surface area contributed by atoms with Crippen molar-refractivity contribution in [1.82, 2.24) is 19.9 Å². The number of carbonyl (C=O) groups excluding carboxylic acids is 1.